The maximum atomic E-state index is 12.4. The molecule has 1 saturated heterocycles. The lowest BCUT2D eigenvalue weighted by atomic mass is 10.0. The second kappa shape index (κ2) is 6.86. The van der Waals surface area contributed by atoms with Crippen LogP contribution < -0.4 is 4.74 Å². The van der Waals surface area contributed by atoms with Gasteiger partial charge in [0.15, 0.2) is 0 Å². The summed E-state index contributed by atoms with van der Waals surface area (Å²) in [4.78, 5) is 13.7. The molecular formula is C15H23N3O4S. The van der Waals surface area contributed by atoms with Crippen molar-refractivity contribution in [1.29, 1.82) is 0 Å². The first-order valence-electron chi connectivity index (χ1n) is 7.36. The van der Waals surface area contributed by atoms with Gasteiger partial charge in [0.1, 0.15) is 5.75 Å². The third-order valence-electron chi connectivity index (χ3n) is 4.03. The predicted molar refractivity (Wildman–Crippen MR) is 87.3 cm³/mol. The number of methoxy groups -OCH3 is 1. The van der Waals surface area contributed by atoms with Gasteiger partial charge in [-0.25, -0.2) is 0 Å². The highest BCUT2D eigenvalue weighted by molar-refractivity contribution is 7.86. The zero-order valence-corrected chi connectivity index (χ0v) is 14.7. The summed E-state index contributed by atoms with van der Waals surface area (Å²) in [5.41, 5.74) is 0.809. The monoisotopic (exact) mass is 341 g/mol. The number of benzene rings is 1. The molecular weight excluding hydrogens is 318 g/mol. The van der Waals surface area contributed by atoms with Gasteiger partial charge in [0.25, 0.3) is 10.2 Å². The lowest BCUT2D eigenvalue weighted by molar-refractivity contribution is -0.133. The molecule has 1 aliphatic rings. The molecule has 1 aromatic carbocycles. The molecule has 0 unspecified atom stereocenters. The van der Waals surface area contributed by atoms with Crippen molar-refractivity contribution >= 4 is 16.1 Å². The van der Waals surface area contributed by atoms with Crippen molar-refractivity contribution in [2.24, 2.45) is 0 Å². The molecule has 1 fully saturated rings. The van der Waals surface area contributed by atoms with Crippen LogP contribution in [0.4, 0.5) is 0 Å². The molecule has 0 aromatic heterocycles. The first-order valence-corrected chi connectivity index (χ1v) is 8.76. The van der Waals surface area contributed by atoms with Crippen LogP contribution in [0.3, 0.4) is 0 Å². The standard InChI is InChI=1S/C15H23N3O4S/c1-12(19)18-10-9-17(23(20,21)16(2)3)11-14(18)13-7-5-6-8-15(13)22-4/h5-8,14H,9-11H2,1-4H3/t14-/m0/s1. The maximum Gasteiger partial charge on any atom is 0.281 e. The Bertz CT molecular complexity index is 675. The number of hydrogen-bond donors (Lipinski definition) is 0. The van der Waals surface area contributed by atoms with E-state index in [2.05, 4.69) is 0 Å². The average Bonchev–Trinajstić information content (AvgIpc) is 2.53. The van der Waals surface area contributed by atoms with Crippen molar-refractivity contribution in [3.8, 4) is 5.75 Å². The largest absolute Gasteiger partial charge is 0.496 e. The Labute approximate surface area is 137 Å². The lowest BCUT2D eigenvalue weighted by Crippen LogP contribution is -2.54. The zero-order chi connectivity index (χ0) is 17.2. The molecule has 0 bridgehead atoms. The van der Waals surface area contributed by atoms with Gasteiger partial charge in [-0.05, 0) is 6.07 Å². The highest BCUT2D eigenvalue weighted by atomic mass is 32.2. The minimum absolute atomic E-state index is 0.0807. The van der Waals surface area contributed by atoms with Crippen LogP contribution in [0, 0.1) is 0 Å². The van der Waals surface area contributed by atoms with Gasteiger partial charge in [0, 0.05) is 46.2 Å². The fourth-order valence-corrected chi connectivity index (χ4v) is 3.89. The summed E-state index contributed by atoms with van der Waals surface area (Å²) in [6.45, 7) is 2.34. The smallest absolute Gasteiger partial charge is 0.281 e. The van der Waals surface area contributed by atoms with Gasteiger partial charge in [-0.2, -0.15) is 17.0 Å². The van der Waals surface area contributed by atoms with Crippen molar-refractivity contribution in [2.75, 3.05) is 40.8 Å². The quantitative estimate of drug-likeness (QED) is 0.809. The fourth-order valence-electron chi connectivity index (χ4n) is 2.78. The number of carbonyl (C=O) groups excluding carboxylic acids is 1. The summed E-state index contributed by atoms with van der Waals surface area (Å²) in [6, 6.07) is 7.01. The molecule has 0 radical (unpaired) electrons. The summed E-state index contributed by atoms with van der Waals surface area (Å²) in [5, 5.41) is 0. The van der Waals surface area contributed by atoms with Gasteiger partial charge in [-0.3, -0.25) is 4.79 Å². The molecule has 0 N–H and O–H groups in total. The third kappa shape index (κ3) is 3.49. The number of ether oxygens (including phenoxy) is 1. The Morgan fingerprint density at radius 1 is 1.26 bits per heavy atom. The molecule has 1 atom stereocenters. The van der Waals surface area contributed by atoms with Crippen LogP contribution >= 0.6 is 0 Å². The Kier molecular flexibility index (Phi) is 5.28. The molecule has 1 amide bonds. The second-order valence-corrected chi connectivity index (χ2v) is 7.76. The van der Waals surface area contributed by atoms with Crippen molar-refractivity contribution in [3.05, 3.63) is 29.8 Å². The normalized spacial score (nSPS) is 19.9. The van der Waals surface area contributed by atoms with E-state index in [1.54, 1.807) is 12.0 Å². The molecule has 0 spiro atoms. The van der Waals surface area contributed by atoms with E-state index in [-0.39, 0.29) is 25.0 Å². The molecule has 1 aromatic rings. The van der Waals surface area contributed by atoms with E-state index in [1.807, 2.05) is 24.3 Å². The van der Waals surface area contributed by atoms with Gasteiger partial charge in [-0.15, -0.1) is 0 Å². The highest BCUT2D eigenvalue weighted by Crippen LogP contribution is 2.33. The molecule has 2 rings (SSSR count). The third-order valence-corrected chi connectivity index (χ3v) is 5.94. The van der Waals surface area contributed by atoms with Gasteiger partial charge < -0.3 is 9.64 Å². The van der Waals surface area contributed by atoms with Crippen LogP contribution in [0.15, 0.2) is 24.3 Å². The van der Waals surface area contributed by atoms with Crippen molar-refractivity contribution in [2.45, 2.75) is 13.0 Å². The summed E-state index contributed by atoms with van der Waals surface area (Å²) in [7, 11) is 1.05. The number of hydrogen-bond acceptors (Lipinski definition) is 4. The summed E-state index contributed by atoms with van der Waals surface area (Å²) in [6.07, 6.45) is 0. The van der Waals surface area contributed by atoms with Crippen LogP contribution in [0.25, 0.3) is 0 Å². The van der Waals surface area contributed by atoms with Gasteiger partial charge in [0.05, 0.1) is 13.2 Å². The Morgan fingerprint density at radius 2 is 1.91 bits per heavy atom. The van der Waals surface area contributed by atoms with Crippen LogP contribution in [0.2, 0.25) is 0 Å². The van der Waals surface area contributed by atoms with Gasteiger partial charge in [0.2, 0.25) is 5.91 Å². The van der Waals surface area contributed by atoms with Crippen LogP contribution in [-0.2, 0) is 15.0 Å². The number of amides is 1. The number of nitrogens with zero attached hydrogens (tertiary/aromatic N) is 3. The number of rotatable bonds is 4. The minimum atomic E-state index is -3.52. The Balaban J connectivity index is 2.41. The molecule has 8 heteroatoms. The molecule has 1 aliphatic heterocycles. The van der Waals surface area contributed by atoms with Crippen molar-refractivity contribution in [3.63, 3.8) is 0 Å². The molecule has 7 nitrogen and oxygen atoms in total. The van der Waals surface area contributed by atoms with E-state index >= 15 is 0 Å². The summed E-state index contributed by atoms with van der Waals surface area (Å²) < 4.78 is 32.8. The molecule has 0 saturated carbocycles. The first kappa shape index (κ1) is 17.7. The van der Waals surface area contributed by atoms with E-state index in [9.17, 15) is 13.2 Å². The highest BCUT2D eigenvalue weighted by Gasteiger charge is 2.37. The fraction of sp³-hybridized carbons (Fsp3) is 0.533. The van der Waals surface area contributed by atoms with E-state index in [1.165, 1.54) is 29.6 Å². The van der Waals surface area contributed by atoms with E-state index in [0.29, 0.717) is 12.3 Å². The number of para-hydroxylation sites is 1. The Morgan fingerprint density at radius 3 is 2.48 bits per heavy atom. The number of piperazine rings is 1. The molecule has 0 aliphatic carbocycles. The zero-order valence-electron chi connectivity index (χ0n) is 13.9. The Hall–Kier alpha value is -1.64. The maximum absolute atomic E-state index is 12.4. The van der Waals surface area contributed by atoms with Gasteiger partial charge in [-0.1, -0.05) is 18.2 Å². The molecule has 128 valence electrons. The second-order valence-electron chi connectivity index (χ2n) is 5.62. The minimum Gasteiger partial charge on any atom is -0.496 e. The molecule has 1 heterocycles. The SMILES string of the molecule is COc1ccccc1[C@@H]1CN(S(=O)(=O)N(C)C)CCN1C(C)=O. The van der Waals surface area contributed by atoms with Crippen LogP contribution in [0.1, 0.15) is 18.5 Å². The van der Waals surface area contributed by atoms with Crippen LogP contribution in [-0.4, -0.2) is 68.7 Å². The first-order chi connectivity index (χ1) is 10.8. The van der Waals surface area contributed by atoms with Crippen LogP contribution in [0.5, 0.6) is 5.75 Å². The predicted octanol–water partition coefficient (Wildman–Crippen LogP) is 0.707. The van der Waals surface area contributed by atoms with Crippen molar-refractivity contribution < 1.29 is 17.9 Å². The lowest BCUT2D eigenvalue weighted by Gasteiger charge is -2.41. The summed E-state index contributed by atoms with van der Waals surface area (Å²) in [5.74, 6) is 0.565. The number of carbonyl (C=O) groups is 1. The molecule has 23 heavy (non-hydrogen) atoms. The topological polar surface area (TPSA) is 70.2 Å². The van der Waals surface area contributed by atoms with Crippen molar-refractivity contribution in [1.82, 2.24) is 13.5 Å². The summed E-state index contributed by atoms with van der Waals surface area (Å²) >= 11 is 0. The van der Waals surface area contributed by atoms with E-state index in [4.69, 9.17) is 4.74 Å². The van der Waals surface area contributed by atoms with Gasteiger partial charge >= 0.3 is 0 Å². The average molecular weight is 341 g/mol. The van der Waals surface area contributed by atoms with E-state index < -0.39 is 10.2 Å². The van der Waals surface area contributed by atoms with E-state index in [0.717, 1.165) is 5.56 Å².